The van der Waals surface area contributed by atoms with Gasteiger partial charge in [0.2, 0.25) is 0 Å². The third-order valence-corrected chi connectivity index (χ3v) is 17.0. The predicted molar refractivity (Wildman–Crippen MR) is 299 cm³/mol. The molecule has 2 rings (SSSR count). The molecule has 2 fully saturated rings. The van der Waals surface area contributed by atoms with Crippen molar-refractivity contribution in [3.63, 3.8) is 0 Å². The largest absolute Gasteiger partial charge is 0.507 e. The summed E-state index contributed by atoms with van der Waals surface area (Å²) in [6, 6.07) is 0. The number of likely N-dealkylation sites (tertiary alicyclic amines) is 1. The fourth-order valence-electron chi connectivity index (χ4n) is 11.4. The molecular formula is C58H107NO23. The number of likely N-dealkylation sites (N-methyl/N-ethyl adjacent to an activating group) is 1. The minimum absolute atomic E-state index is 0.120. The maximum atomic E-state index is 12.3. The van der Waals surface area contributed by atoms with E-state index >= 15 is 0 Å². The molecule has 20 N–H and O–H groups in total. The lowest BCUT2D eigenvalue weighted by Crippen LogP contribution is -2.65. The van der Waals surface area contributed by atoms with Crippen LogP contribution in [0.25, 0.3) is 0 Å². The number of ether oxygens (including phenoxy) is 1. The van der Waals surface area contributed by atoms with Crippen molar-refractivity contribution in [3.05, 3.63) is 23.0 Å². The first-order chi connectivity index (χ1) is 38.1. The van der Waals surface area contributed by atoms with E-state index in [1.807, 2.05) is 13.8 Å². The van der Waals surface area contributed by atoms with Gasteiger partial charge in [-0.3, -0.25) is 9.59 Å². The molecule has 0 aromatic carbocycles. The van der Waals surface area contributed by atoms with E-state index in [1.54, 1.807) is 13.0 Å². The molecule has 0 radical (unpaired) electrons. The van der Waals surface area contributed by atoms with Crippen molar-refractivity contribution in [1.29, 1.82) is 0 Å². The Labute approximate surface area is 483 Å². The number of carbonyl (C=O) groups is 2. The van der Waals surface area contributed by atoms with Gasteiger partial charge >= 0.3 is 0 Å². The molecule has 0 saturated carbocycles. The number of allylic oxidation sites excluding steroid dienone is 2. The number of carbonyl (C=O) groups excluding carboxylic acids is 2. The van der Waals surface area contributed by atoms with Crippen LogP contribution in [-0.2, 0) is 14.3 Å². The van der Waals surface area contributed by atoms with Crippen molar-refractivity contribution < 1.29 is 116 Å². The summed E-state index contributed by atoms with van der Waals surface area (Å²) in [6.07, 6.45) is -25.5. The normalized spacial score (nSPS) is 28.3. The van der Waals surface area contributed by atoms with Gasteiger partial charge < -0.3 is 112 Å². The first-order valence-corrected chi connectivity index (χ1v) is 29.7. The fourth-order valence-corrected chi connectivity index (χ4v) is 11.4. The summed E-state index contributed by atoms with van der Waals surface area (Å²) in [5, 5.41) is 216. The standard InChI is InChI=1S/C58H107NO23/c1-9-10-11-12-13-14-15-16-17-35(60)27-58(81)56(79)55(78)53(76)46(82-58)26-44(69)52(75)54(77)51(74)43(68)24-38(63)22-36(61)21-37(62)23-39(64)32(5)49(72)33(6)40(65)25-41(66)34(7)50(73)42(67)20-30(3)18-29(2)19-31(4)48(71)47-45(70)28-59(8)57(47)80/h19,29-30,32-44,46,49-56,60-69,71-79,81H,9-18,20-28H2,1-8H3/b31-19+,48-47-/t29-,30+,32?,33?,34?,35+,36?,37?,38?,39?,40?,41?,42?,43?,44?,46+,49?,50?,51?,52?,53+,54?,55-,56-,58-/m0/s1. The number of Topliss-reactive ketones (excluding diaryl/α,β-unsaturated/α-hetero) is 1. The molecule has 25 atom stereocenters. The molecule has 82 heavy (non-hydrogen) atoms. The topological polar surface area (TPSA) is 451 Å². The van der Waals surface area contributed by atoms with Crippen LogP contribution >= 0.6 is 0 Å². The highest BCUT2D eigenvalue weighted by Gasteiger charge is 2.54. The molecule has 2 saturated heterocycles. The summed E-state index contributed by atoms with van der Waals surface area (Å²) in [5.41, 5.74) is 0.0812. The van der Waals surface area contributed by atoms with Crippen molar-refractivity contribution in [2.24, 2.45) is 29.6 Å². The van der Waals surface area contributed by atoms with Crippen molar-refractivity contribution in [1.82, 2.24) is 4.90 Å². The average Bonchev–Trinajstić information content (AvgIpc) is 3.84. The Bertz CT molecular complexity index is 1920. The summed E-state index contributed by atoms with van der Waals surface area (Å²) in [4.78, 5) is 25.8. The molecule has 24 heteroatoms. The number of hydrogen-bond acceptors (Lipinski definition) is 23. The minimum Gasteiger partial charge on any atom is -0.507 e. The Kier molecular flexibility index (Phi) is 33.3. The zero-order valence-electron chi connectivity index (χ0n) is 49.5. The van der Waals surface area contributed by atoms with Gasteiger partial charge in [0.25, 0.3) is 5.91 Å². The minimum atomic E-state index is -2.59. The predicted octanol–water partition coefficient (Wildman–Crippen LogP) is -1.41. The molecule has 0 aromatic rings. The van der Waals surface area contributed by atoms with Gasteiger partial charge in [0.15, 0.2) is 11.6 Å². The lowest BCUT2D eigenvalue weighted by Gasteiger charge is -2.47. The highest BCUT2D eigenvalue weighted by atomic mass is 16.7. The van der Waals surface area contributed by atoms with Crippen LogP contribution in [-0.4, -0.2) is 254 Å². The number of aliphatic hydroxyl groups is 20. The number of rotatable bonds is 40. The van der Waals surface area contributed by atoms with Crippen LogP contribution in [0.2, 0.25) is 0 Å². The zero-order valence-corrected chi connectivity index (χ0v) is 49.5. The SMILES string of the molecule is CCCCCCCCCC[C@@H](O)C[C@]1(O)O[C@H](CC(O)C(O)C(O)C(O)C(O)CC(O)CC(O)CC(O)CC(O)C(C)C(O)C(C)C(O)CC(O)C(C)C(O)C(O)C[C@H](C)C[C@H](C)/C=C(C)/C(O)=C2\C(=O)CN(C)C2=O)[C@@H](O)[C@H](O)[C@@H]1O. The number of hydrogen-bond donors (Lipinski definition) is 20. The molecule has 2 heterocycles. The molecule has 24 nitrogen and oxygen atoms in total. The Morgan fingerprint density at radius 1 is 0.573 bits per heavy atom. The first kappa shape index (κ1) is 75.7. The lowest BCUT2D eigenvalue weighted by molar-refractivity contribution is -0.356. The van der Waals surface area contributed by atoms with Crippen LogP contribution in [0.3, 0.4) is 0 Å². The van der Waals surface area contributed by atoms with Gasteiger partial charge in [0, 0.05) is 44.1 Å². The highest BCUT2D eigenvalue weighted by molar-refractivity contribution is 6.25. The van der Waals surface area contributed by atoms with Crippen LogP contribution in [0.5, 0.6) is 0 Å². The lowest BCUT2D eigenvalue weighted by atomic mass is 9.80. The molecule has 482 valence electrons. The zero-order chi connectivity index (χ0) is 62.7. The number of aliphatic hydroxyl groups excluding tert-OH is 19. The quantitative estimate of drug-likeness (QED) is 0.0145. The smallest absolute Gasteiger partial charge is 0.261 e. The monoisotopic (exact) mass is 1190 g/mol. The Morgan fingerprint density at radius 3 is 1.56 bits per heavy atom. The van der Waals surface area contributed by atoms with E-state index in [1.165, 1.54) is 39.1 Å². The molecular weight excluding hydrogens is 1080 g/mol. The third kappa shape index (κ3) is 23.4. The van der Waals surface area contributed by atoms with Gasteiger partial charge in [-0.05, 0) is 69.3 Å². The maximum Gasteiger partial charge on any atom is 0.261 e. The van der Waals surface area contributed by atoms with E-state index in [2.05, 4.69) is 6.92 Å². The van der Waals surface area contributed by atoms with E-state index in [-0.39, 0.29) is 55.4 Å². The van der Waals surface area contributed by atoms with Gasteiger partial charge in [-0.2, -0.15) is 0 Å². The summed E-state index contributed by atoms with van der Waals surface area (Å²) in [7, 11) is 1.46. The van der Waals surface area contributed by atoms with Gasteiger partial charge in [-0.25, -0.2) is 0 Å². The van der Waals surface area contributed by atoms with Crippen molar-refractivity contribution in [2.45, 2.75) is 286 Å². The van der Waals surface area contributed by atoms with E-state index in [4.69, 9.17) is 4.74 Å². The molecule has 2 aliphatic heterocycles. The van der Waals surface area contributed by atoms with E-state index in [0.717, 1.165) is 38.5 Å². The number of nitrogens with zero attached hydrogens (tertiary/aromatic N) is 1. The van der Waals surface area contributed by atoms with Crippen LogP contribution < -0.4 is 0 Å². The highest BCUT2D eigenvalue weighted by Crippen LogP contribution is 2.36. The number of ketones is 1. The van der Waals surface area contributed by atoms with Crippen molar-refractivity contribution in [2.75, 3.05) is 13.6 Å². The Balaban J connectivity index is 1.83. The molecule has 2 aliphatic rings. The van der Waals surface area contributed by atoms with E-state index in [0.29, 0.717) is 18.4 Å². The van der Waals surface area contributed by atoms with Gasteiger partial charge in [0.05, 0.1) is 85.9 Å². The van der Waals surface area contributed by atoms with Crippen LogP contribution in [0.15, 0.2) is 23.0 Å². The third-order valence-electron chi connectivity index (χ3n) is 17.0. The maximum absolute atomic E-state index is 12.3. The fraction of sp³-hybridized carbons (Fsp3) is 0.897. The summed E-state index contributed by atoms with van der Waals surface area (Å²) in [6.45, 7) is 11.7. The molecule has 0 spiro atoms. The average molecular weight is 1190 g/mol. The van der Waals surface area contributed by atoms with Gasteiger partial charge in [0.1, 0.15) is 48.0 Å². The number of unbranched alkanes of at least 4 members (excludes halogenated alkanes) is 7. The molecule has 0 aromatic heterocycles. The second kappa shape index (κ2) is 36.1. The van der Waals surface area contributed by atoms with E-state index < -0.39 is 183 Å². The number of amides is 1. The Hall–Kier alpha value is -2.38. The van der Waals surface area contributed by atoms with Crippen molar-refractivity contribution >= 4 is 11.7 Å². The second-order valence-electron chi connectivity index (χ2n) is 24.6. The van der Waals surface area contributed by atoms with E-state index in [9.17, 15) is 112 Å². The molecule has 1 amide bonds. The molecule has 0 bridgehead atoms. The molecule has 0 aliphatic carbocycles. The van der Waals surface area contributed by atoms with Crippen LogP contribution in [0.1, 0.15) is 164 Å². The summed E-state index contributed by atoms with van der Waals surface area (Å²) >= 11 is 0. The first-order valence-electron chi connectivity index (χ1n) is 29.7. The second-order valence-corrected chi connectivity index (χ2v) is 24.6. The summed E-state index contributed by atoms with van der Waals surface area (Å²) < 4.78 is 5.50. The van der Waals surface area contributed by atoms with Crippen LogP contribution in [0, 0.1) is 29.6 Å². The summed E-state index contributed by atoms with van der Waals surface area (Å²) in [5.74, 6) is -7.23. The molecule has 17 unspecified atom stereocenters. The van der Waals surface area contributed by atoms with Crippen molar-refractivity contribution in [3.8, 4) is 0 Å². The Morgan fingerprint density at radius 2 is 1.04 bits per heavy atom. The van der Waals surface area contributed by atoms with Gasteiger partial charge in [-0.1, -0.05) is 99.0 Å². The van der Waals surface area contributed by atoms with Gasteiger partial charge in [-0.15, -0.1) is 0 Å². The van der Waals surface area contributed by atoms with Crippen LogP contribution in [0.4, 0.5) is 0 Å².